The van der Waals surface area contributed by atoms with Crippen LogP contribution < -0.4 is 5.73 Å². The van der Waals surface area contributed by atoms with Gasteiger partial charge in [0.25, 0.3) is 0 Å². The van der Waals surface area contributed by atoms with Gasteiger partial charge in [-0.15, -0.1) is 0 Å². The monoisotopic (exact) mass is 297 g/mol. The second-order valence-electron chi connectivity index (χ2n) is 6.03. The van der Waals surface area contributed by atoms with Crippen molar-refractivity contribution in [2.24, 2.45) is 17.6 Å². The van der Waals surface area contributed by atoms with E-state index in [1.165, 1.54) is 0 Å². The number of aliphatic carboxylic acids is 1. The molecule has 3 unspecified atom stereocenters. The van der Waals surface area contributed by atoms with Gasteiger partial charge >= 0.3 is 5.97 Å². The molecule has 118 valence electrons. The van der Waals surface area contributed by atoms with Crippen molar-refractivity contribution < 1.29 is 19.5 Å². The molecule has 0 bridgehead atoms. The normalized spacial score (nSPS) is 30.3. The first-order chi connectivity index (χ1) is 9.90. The largest absolute Gasteiger partial charge is 0.481 e. The zero-order valence-electron chi connectivity index (χ0n) is 12.3. The predicted octanol–water partition coefficient (Wildman–Crippen LogP) is -0.495. The van der Waals surface area contributed by atoms with Gasteiger partial charge in [-0.3, -0.25) is 19.3 Å². The molecule has 3 atom stereocenters. The van der Waals surface area contributed by atoms with Crippen molar-refractivity contribution in [3.63, 3.8) is 0 Å². The Morgan fingerprint density at radius 1 is 1.24 bits per heavy atom. The molecule has 0 aromatic rings. The molecule has 0 aliphatic carbocycles. The number of likely N-dealkylation sites (tertiary alicyclic amines) is 2. The van der Waals surface area contributed by atoms with Crippen molar-refractivity contribution in [2.75, 3.05) is 26.2 Å². The summed E-state index contributed by atoms with van der Waals surface area (Å²) in [5.41, 5.74) is 5.31. The number of carboxylic acid groups (broad SMARTS) is 1. The van der Waals surface area contributed by atoms with E-state index in [1.807, 2.05) is 11.8 Å². The van der Waals surface area contributed by atoms with Gasteiger partial charge in [0.2, 0.25) is 11.8 Å². The second-order valence-corrected chi connectivity index (χ2v) is 6.03. The lowest BCUT2D eigenvalue weighted by atomic mass is 9.97. The zero-order valence-corrected chi connectivity index (χ0v) is 12.3. The number of carboxylic acids is 1. The van der Waals surface area contributed by atoms with E-state index >= 15 is 0 Å². The molecule has 0 radical (unpaired) electrons. The summed E-state index contributed by atoms with van der Waals surface area (Å²) < 4.78 is 0. The van der Waals surface area contributed by atoms with Gasteiger partial charge in [0.05, 0.1) is 18.4 Å². The minimum atomic E-state index is -0.802. The SMILES string of the molecule is CC1C(C(=O)O)CCN1CC(=O)N1CCCC(C(N)=O)C1. The van der Waals surface area contributed by atoms with Crippen LogP contribution in [-0.4, -0.2) is 64.9 Å². The summed E-state index contributed by atoms with van der Waals surface area (Å²) in [7, 11) is 0. The molecule has 7 nitrogen and oxygen atoms in total. The van der Waals surface area contributed by atoms with Crippen molar-refractivity contribution in [3.8, 4) is 0 Å². The quantitative estimate of drug-likeness (QED) is 0.728. The molecular weight excluding hydrogens is 274 g/mol. The number of rotatable bonds is 4. The topological polar surface area (TPSA) is 104 Å². The van der Waals surface area contributed by atoms with E-state index in [0.29, 0.717) is 26.1 Å². The zero-order chi connectivity index (χ0) is 15.6. The molecule has 0 aromatic carbocycles. The van der Waals surface area contributed by atoms with Crippen LogP contribution in [0.3, 0.4) is 0 Å². The van der Waals surface area contributed by atoms with Gasteiger partial charge in [-0.25, -0.2) is 0 Å². The van der Waals surface area contributed by atoms with Gasteiger partial charge in [-0.2, -0.15) is 0 Å². The van der Waals surface area contributed by atoms with Crippen molar-refractivity contribution in [1.29, 1.82) is 0 Å². The summed E-state index contributed by atoms with van der Waals surface area (Å²) in [6, 6.07) is -0.136. The molecule has 2 fully saturated rings. The van der Waals surface area contributed by atoms with E-state index in [-0.39, 0.29) is 30.3 Å². The molecule has 2 aliphatic heterocycles. The maximum Gasteiger partial charge on any atom is 0.308 e. The summed E-state index contributed by atoms with van der Waals surface area (Å²) in [5, 5.41) is 9.11. The number of hydrogen-bond donors (Lipinski definition) is 2. The Labute approximate surface area is 124 Å². The summed E-state index contributed by atoms with van der Waals surface area (Å²) >= 11 is 0. The Bertz CT molecular complexity index is 440. The molecule has 2 rings (SSSR count). The van der Waals surface area contributed by atoms with E-state index < -0.39 is 11.9 Å². The number of carbonyl (C=O) groups is 3. The first kappa shape index (κ1) is 15.8. The van der Waals surface area contributed by atoms with Crippen molar-refractivity contribution in [2.45, 2.75) is 32.2 Å². The van der Waals surface area contributed by atoms with Crippen molar-refractivity contribution in [3.05, 3.63) is 0 Å². The molecule has 21 heavy (non-hydrogen) atoms. The summed E-state index contributed by atoms with van der Waals surface area (Å²) in [4.78, 5) is 38.3. The van der Waals surface area contributed by atoms with E-state index in [9.17, 15) is 14.4 Å². The molecule has 2 heterocycles. The molecule has 2 amide bonds. The predicted molar refractivity (Wildman–Crippen MR) is 75.3 cm³/mol. The Morgan fingerprint density at radius 2 is 1.95 bits per heavy atom. The van der Waals surface area contributed by atoms with Gasteiger partial charge in [-0.05, 0) is 32.7 Å². The van der Waals surface area contributed by atoms with Crippen molar-refractivity contribution in [1.82, 2.24) is 9.80 Å². The third-order valence-electron chi connectivity index (χ3n) is 4.72. The fourth-order valence-electron chi connectivity index (χ4n) is 3.27. The van der Waals surface area contributed by atoms with Crippen LogP contribution in [0.2, 0.25) is 0 Å². The summed E-state index contributed by atoms with van der Waals surface area (Å²) in [5.74, 6) is -1.86. The Kier molecular flexibility index (Phi) is 4.82. The van der Waals surface area contributed by atoms with Gasteiger partial charge in [-0.1, -0.05) is 0 Å². The maximum absolute atomic E-state index is 12.3. The van der Waals surface area contributed by atoms with Gasteiger partial charge in [0, 0.05) is 19.1 Å². The van der Waals surface area contributed by atoms with Gasteiger partial charge in [0.1, 0.15) is 0 Å². The molecular formula is C14H23N3O4. The molecule has 2 aliphatic rings. The number of primary amides is 1. The average molecular weight is 297 g/mol. The molecule has 0 spiro atoms. The fourth-order valence-corrected chi connectivity index (χ4v) is 3.27. The van der Waals surface area contributed by atoms with Crippen LogP contribution >= 0.6 is 0 Å². The van der Waals surface area contributed by atoms with Crippen LogP contribution in [-0.2, 0) is 14.4 Å². The second kappa shape index (κ2) is 6.43. The van der Waals surface area contributed by atoms with Crippen LogP contribution in [0.15, 0.2) is 0 Å². The standard InChI is InChI=1S/C14H23N3O4/c1-9-11(14(20)21)4-6-16(9)8-12(18)17-5-2-3-10(7-17)13(15)19/h9-11H,2-8H2,1H3,(H2,15,19)(H,20,21). The highest BCUT2D eigenvalue weighted by Gasteiger charge is 2.37. The van der Waals surface area contributed by atoms with Gasteiger partial charge < -0.3 is 15.7 Å². The van der Waals surface area contributed by atoms with E-state index in [2.05, 4.69) is 0 Å². The number of nitrogens with zero attached hydrogens (tertiary/aromatic N) is 2. The smallest absolute Gasteiger partial charge is 0.308 e. The Morgan fingerprint density at radius 3 is 2.52 bits per heavy atom. The van der Waals surface area contributed by atoms with Crippen LogP contribution in [0.4, 0.5) is 0 Å². The van der Waals surface area contributed by atoms with Crippen molar-refractivity contribution >= 4 is 17.8 Å². The Hall–Kier alpha value is -1.63. The summed E-state index contributed by atoms with van der Waals surface area (Å²) in [6.07, 6.45) is 2.10. The third-order valence-corrected chi connectivity index (χ3v) is 4.72. The van der Waals surface area contributed by atoms with Crippen LogP contribution in [0.1, 0.15) is 26.2 Å². The number of carbonyl (C=O) groups excluding carboxylic acids is 2. The molecule has 0 saturated carbocycles. The number of nitrogens with two attached hydrogens (primary N) is 1. The van der Waals surface area contributed by atoms with E-state index in [0.717, 1.165) is 12.8 Å². The van der Waals surface area contributed by atoms with Crippen LogP contribution in [0, 0.1) is 11.8 Å². The van der Waals surface area contributed by atoms with Crippen LogP contribution in [0.25, 0.3) is 0 Å². The maximum atomic E-state index is 12.3. The Balaban J connectivity index is 1.90. The highest BCUT2D eigenvalue weighted by Crippen LogP contribution is 2.24. The number of piperidine rings is 1. The van der Waals surface area contributed by atoms with Crippen LogP contribution in [0.5, 0.6) is 0 Å². The first-order valence-corrected chi connectivity index (χ1v) is 7.44. The lowest BCUT2D eigenvalue weighted by Crippen LogP contribution is -2.48. The molecule has 7 heteroatoms. The number of amides is 2. The third kappa shape index (κ3) is 3.53. The fraction of sp³-hybridized carbons (Fsp3) is 0.786. The van der Waals surface area contributed by atoms with Gasteiger partial charge in [0.15, 0.2) is 0 Å². The van der Waals surface area contributed by atoms with E-state index in [1.54, 1.807) is 4.90 Å². The number of hydrogen-bond acceptors (Lipinski definition) is 4. The lowest BCUT2D eigenvalue weighted by Gasteiger charge is -2.33. The van der Waals surface area contributed by atoms with E-state index in [4.69, 9.17) is 10.8 Å². The molecule has 2 saturated heterocycles. The highest BCUT2D eigenvalue weighted by atomic mass is 16.4. The average Bonchev–Trinajstić information content (AvgIpc) is 2.80. The minimum Gasteiger partial charge on any atom is -0.481 e. The lowest BCUT2D eigenvalue weighted by molar-refractivity contribution is -0.143. The highest BCUT2D eigenvalue weighted by molar-refractivity contribution is 5.81. The molecule has 0 aromatic heterocycles. The molecule has 3 N–H and O–H groups in total. The first-order valence-electron chi connectivity index (χ1n) is 7.44. The minimum absolute atomic E-state index is 0.0427. The summed E-state index contributed by atoms with van der Waals surface area (Å²) in [6.45, 7) is 3.72.